The van der Waals surface area contributed by atoms with E-state index in [1.54, 1.807) is 0 Å². The molecule has 1 aliphatic carbocycles. The Bertz CT molecular complexity index is 676. The maximum atomic E-state index is 13.2. The molecule has 0 amide bonds. The maximum absolute atomic E-state index is 13.2. The average Bonchev–Trinajstić information content (AvgIpc) is 3.11. The molecular weight excluding hydrogens is 339 g/mol. The Labute approximate surface area is 162 Å². The first-order valence-electron chi connectivity index (χ1n) is 10.5. The van der Waals surface area contributed by atoms with Crippen molar-refractivity contribution in [2.75, 3.05) is 6.54 Å². The van der Waals surface area contributed by atoms with Crippen LogP contribution in [0.3, 0.4) is 0 Å². The van der Waals surface area contributed by atoms with E-state index in [9.17, 15) is 9.50 Å². The molecule has 3 nitrogen and oxygen atoms in total. The maximum Gasteiger partial charge on any atom is 0.123 e. The van der Waals surface area contributed by atoms with Gasteiger partial charge < -0.3 is 9.67 Å². The van der Waals surface area contributed by atoms with Crippen LogP contribution in [0.4, 0.5) is 4.39 Å². The first kappa shape index (κ1) is 20.1. The molecule has 1 fully saturated rings. The summed E-state index contributed by atoms with van der Waals surface area (Å²) in [6, 6.07) is 11.6. The van der Waals surface area contributed by atoms with E-state index < -0.39 is 0 Å². The third kappa shape index (κ3) is 5.91. The van der Waals surface area contributed by atoms with E-state index in [1.807, 2.05) is 12.1 Å². The van der Waals surface area contributed by atoms with Crippen LogP contribution in [0.1, 0.15) is 63.1 Å². The Morgan fingerprint density at radius 1 is 1.15 bits per heavy atom. The third-order valence-corrected chi connectivity index (χ3v) is 5.71. The smallest absolute Gasteiger partial charge is 0.123 e. The van der Waals surface area contributed by atoms with Crippen LogP contribution >= 0.6 is 0 Å². The molecule has 1 aromatic heterocycles. The van der Waals surface area contributed by atoms with Crippen LogP contribution < -0.4 is 0 Å². The number of halogens is 1. The minimum absolute atomic E-state index is 0.195. The lowest BCUT2D eigenvalue weighted by Gasteiger charge is -2.36. The minimum Gasteiger partial charge on any atom is -0.392 e. The quantitative estimate of drug-likeness (QED) is 0.673. The first-order valence-corrected chi connectivity index (χ1v) is 10.5. The molecule has 0 bridgehead atoms. The van der Waals surface area contributed by atoms with Crippen molar-refractivity contribution < 1.29 is 9.50 Å². The highest BCUT2D eigenvalue weighted by Gasteiger charge is 2.24. The molecular formula is C23H33FN2O. The highest BCUT2D eigenvalue weighted by atomic mass is 19.1. The van der Waals surface area contributed by atoms with Crippen LogP contribution in [0.2, 0.25) is 0 Å². The van der Waals surface area contributed by atoms with Gasteiger partial charge in [-0.25, -0.2) is 4.39 Å². The van der Waals surface area contributed by atoms with Gasteiger partial charge >= 0.3 is 0 Å². The van der Waals surface area contributed by atoms with Gasteiger partial charge in [0.05, 0.1) is 6.10 Å². The summed E-state index contributed by atoms with van der Waals surface area (Å²) in [7, 11) is 0. The highest BCUT2D eigenvalue weighted by molar-refractivity contribution is 5.18. The Kier molecular flexibility index (Phi) is 7.48. The fraction of sp³-hybridized carbons (Fsp3) is 0.565. The van der Waals surface area contributed by atoms with Gasteiger partial charge in [-0.3, -0.25) is 4.90 Å². The normalized spacial score (nSPS) is 16.7. The number of hydrogen-bond donors (Lipinski definition) is 1. The molecule has 1 atom stereocenters. The predicted octanol–water partition coefficient (Wildman–Crippen LogP) is 4.97. The number of aromatic nitrogens is 1. The summed E-state index contributed by atoms with van der Waals surface area (Å²) in [6.07, 6.45) is 10.1. The lowest BCUT2D eigenvalue weighted by Crippen LogP contribution is -2.41. The molecule has 0 spiro atoms. The predicted molar refractivity (Wildman–Crippen MR) is 108 cm³/mol. The molecule has 1 unspecified atom stereocenters. The van der Waals surface area contributed by atoms with Crippen molar-refractivity contribution in [2.24, 2.45) is 0 Å². The molecule has 0 aliphatic heterocycles. The SMILES string of the molecule is CCCC(O)CN(Cc1cccn1Cc1ccc(F)cc1)C1CCCCC1. The molecule has 1 saturated carbocycles. The summed E-state index contributed by atoms with van der Waals surface area (Å²) in [5.41, 5.74) is 2.36. The summed E-state index contributed by atoms with van der Waals surface area (Å²) in [6.45, 7) is 4.49. The van der Waals surface area contributed by atoms with Crippen LogP contribution in [-0.2, 0) is 13.1 Å². The molecule has 0 radical (unpaired) electrons. The topological polar surface area (TPSA) is 28.4 Å². The fourth-order valence-corrected chi connectivity index (χ4v) is 4.23. The number of aliphatic hydroxyl groups is 1. The molecule has 3 rings (SSSR count). The van der Waals surface area contributed by atoms with Crippen molar-refractivity contribution in [3.05, 3.63) is 59.7 Å². The second-order valence-electron chi connectivity index (χ2n) is 7.92. The Morgan fingerprint density at radius 2 is 1.89 bits per heavy atom. The van der Waals surface area contributed by atoms with E-state index in [1.165, 1.54) is 49.9 Å². The van der Waals surface area contributed by atoms with Crippen LogP contribution in [0.15, 0.2) is 42.6 Å². The van der Waals surface area contributed by atoms with Gasteiger partial charge in [0.25, 0.3) is 0 Å². The number of rotatable bonds is 9. The molecule has 27 heavy (non-hydrogen) atoms. The zero-order valence-electron chi connectivity index (χ0n) is 16.5. The Hall–Kier alpha value is -1.65. The molecule has 1 aliphatic rings. The summed E-state index contributed by atoms with van der Waals surface area (Å²) in [5, 5.41) is 10.4. The van der Waals surface area contributed by atoms with Gasteiger partial charge in [-0.15, -0.1) is 0 Å². The molecule has 148 valence electrons. The number of aliphatic hydroxyl groups excluding tert-OH is 1. The Morgan fingerprint density at radius 3 is 2.59 bits per heavy atom. The zero-order valence-corrected chi connectivity index (χ0v) is 16.5. The largest absolute Gasteiger partial charge is 0.392 e. The first-order chi connectivity index (χ1) is 13.2. The van der Waals surface area contributed by atoms with Gasteiger partial charge in [0.15, 0.2) is 0 Å². The third-order valence-electron chi connectivity index (χ3n) is 5.71. The minimum atomic E-state index is -0.252. The summed E-state index contributed by atoms with van der Waals surface area (Å²) >= 11 is 0. The van der Waals surface area contributed by atoms with Crippen molar-refractivity contribution in [3.8, 4) is 0 Å². The Balaban J connectivity index is 1.71. The van der Waals surface area contributed by atoms with Crippen molar-refractivity contribution in [1.82, 2.24) is 9.47 Å². The number of benzene rings is 1. The van der Waals surface area contributed by atoms with Gasteiger partial charge in [-0.05, 0) is 49.1 Å². The van der Waals surface area contributed by atoms with Gasteiger partial charge in [0.2, 0.25) is 0 Å². The highest BCUT2D eigenvalue weighted by Crippen LogP contribution is 2.25. The average molecular weight is 373 g/mol. The zero-order chi connectivity index (χ0) is 19.1. The second-order valence-corrected chi connectivity index (χ2v) is 7.92. The molecule has 4 heteroatoms. The molecule has 2 aromatic rings. The lowest BCUT2D eigenvalue weighted by atomic mass is 9.93. The van der Waals surface area contributed by atoms with Crippen molar-refractivity contribution >= 4 is 0 Å². The van der Waals surface area contributed by atoms with Crippen molar-refractivity contribution in [3.63, 3.8) is 0 Å². The van der Waals surface area contributed by atoms with Crippen LogP contribution in [0.25, 0.3) is 0 Å². The van der Waals surface area contributed by atoms with E-state index in [-0.39, 0.29) is 11.9 Å². The van der Waals surface area contributed by atoms with Gasteiger partial charge in [0.1, 0.15) is 5.82 Å². The van der Waals surface area contributed by atoms with E-state index in [2.05, 4.69) is 34.7 Å². The van der Waals surface area contributed by atoms with Gasteiger partial charge in [0, 0.05) is 37.6 Å². The molecule has 0 saturated heterocycles. The van der Waals surface area contributed by atoms with Crippen LogP contribution in [0, 0.1) is 5.82 Å². The van der Waals surface area contributed by atoms with Crippen molar-refractivity contribution in [1.29, 1.82) is 0 Å². The summed E-state index contributed by atoms with van der Waals surface area (Å²) in [4.78, 5) is 2.50. The van der Waals surface area contributed by atoms with E-state index in [0.29, 0.717) is 6.04 Å². The second kappa shape index (κ2) is 10.0. The van der Waals surface area contributed by atoms with E-state index in [0.717, 1.165) is 38.0 Å². The summed E-state index contributed by atoms with van der Waals surface area (Å²) < 4.78 is 15.4. The van der Waals surface area contributed by atoms with Crippen LogP contribution in [-0.4, -0.2) is 33.3 Å². The number of nitrogens with zero attached hydrogens (tertiary/aromatic N) is 2. The lowest BCUT2D eigenvalue weighted by molar-refractivity contribution is 0.0615. The van der Waals surface area contributed by atoms with Gasteiger partial charge in [-0.1, -0.05) is 44.7 Å². The van der Waals surface area contributed by atoms with E-state index >= 15 is 0 Å². The van der Waals surface area contributed by atoms with Gasteiger partial charge in [-0.2, -0.15) is 0 Å². The standard InChI is InChI=1S/C23H33FN2O/c1-2-7-23(27)18-26(21-8-4-3-5-9-21)17-22-10-6-15-25(22)16-19-11-13-20(24)14-12-19/h6,10-15,21,23,27H,2-5,7-9,16-18H2,1H3. The van der Waals surface area contributed by atoms with Crippen molar-refractivity contribution in [2.45, 2.75) is 77.1 Å². The molecule has 1 N–H and O–H groups in total. The van der Waals surface area contributed by atoms with E-state index in [4.69, 9.17) is 0 Å². The fourth-order valence-electron chi connectivity index (χ4n) is 4.23. The monoisotopic (exact) mass is 372 g/mol. The number of hydrogen-bond acceptors (Lipinski definition) is 2. The van der Waals surface area contributed by atoms with Crippen LogP contribution in [0.5, 0.6) is 0 Å². The summed E-state index contributed by atoms with van der Waals surface area (Å²) in [5.74, 6) is -0.195. The molecule has 1 aromatic carbocycles. The molecule has 1 heterocycles.